The SMILES string of the molecule is O=C(O)Cc1cccc2c1nnn2C1CC1. The number of hydrogen-bond donors (Lipinski definition) is 1. The van der Waals surface area contributed by atoms with Gasteiger partial charge in [-0.3, -0.25) is 4.79 Å². The number of aromatic nitrogens is 3. The molecule has 16 heavy (non-hydrogen) atoms. The molecule has 1 heterocycles. The van der Waals surface area contributed by atoms with Crippen LogP contribution in [0.2, 0.25) is 0 Å². The molecule has 0 atom stereocenters. The zero-order chi connectivity index (χ0) is 11.1. The second-order valence-electron chi connectivity index (χ2n) is 4.12. The molecule has 5 nitrogen and oxygen atoms in total. The molecule has 3 rings (SSSR count). The van der Waals surface area contributed by atoms with Gasteiger partial charge in [0.25, 0.3) is 0 Å². The molecule has 0 unspecified atom stereocenters. The van der Waals surface area contributed by atoms with E-state index in [9.17, 15) is 4.79 Å². The van der Waals surface area contributed by atoms with Gasteiger partial charge < -0.3 is 5.11 Å². The minimum atomic E-state index is -0.839. The van der Waals surface area contributed by atoms with Gasteiger partial charge in [-0.2, -0.15) is 0 Å². The van der Waals surface area contributed by atoms with Gasteiger partial charge in [0.1, 0.15) is 5.52 Å². The van der Waals surface area contributed by atoms with Crippen LogP contribution in [0, 0.1) is 0 Å². The van der Waals surface area contributed by atoms with Gasteiger partial charge in [0, 0.05) is 0 Å². The number of fused-ring (bicyclic) bond motifs is 1. The molecule has 2 aromatic rings. The van der Waals surface area contributed by atoms with E-state index in [1.165, 1.54) is 0 Å². The maximum absolute atomic E-state index is 10.7. The fourth-order valence-electron chi connectivity index (χ4n) is 1.91. The summed E-state index contributed by atoms with van der Waals surface area (Å²) in [7, 11) is 0. The molecule has 0 radical (unpaired) electrons. The van der Waals surface area contributed by atoms with Gasteiger partial charge in [-0.05, 0) is 24.5 Å². The molecule has 1 aromatic carbocycles. The Bertz CT molecular complexity index is 557. The van der Waals surface area contributed by atoms with Gasteiger partial charge in [-0.25, -0.2) is 4.68 Å². The third-order valence-electron chi connectivity index (χ3n) is 2.82. The van der Waals surface area contributed by atoms with E-state index < -0.39 is 5.97 Å². The second kappa shape index (κ2) is 3.30. The van der Waals surface area contributed by atoms with Crippen LogP contribution < -0.4 is 0 Å². The van der Waals surface area contributed by atoms with Crippen LogP contribution in [0.25, 0.3) is 11.0 Å². The molecule has 1 aromatic heterocycles. The summed E-state index contributed by atoms with van der Waals surface area (Å²) in [4.78, 5) is 10.7. The topological polar surface area (TPSA) is 68.0 Å². The highest BCUT2D eigenvalue weighted by molar-refractivity contribution is 5.83. The molecule has 1 saturated carbocycles. The van der Waals surface area contributed by atoms with Crippen LogP contribution in [-0.4, -0.2) is 26.1 Å². The van der Waals surface area contributed by atoms with E-state index in [1.807, 2.05) is 16.8 Å². The van der Waals surface area contributed by atoms with Crippen molar-refractivity contribution in [1.29, 1.82) is 0 Å². The highest BCUT2D eigenvalue weighted by Crippen LogP contribution is 2.36. The van der Waals surface area contributed by atoms with Crippen LogP contribution >= 0.6 is 0 Å². The number of hydrogen-bond acceptors (Lipinski definition) is 3. The predicted molar refractivity (Wildman–Crippen MR) is 57.1 cm³/mol. The molecule has 0 amide bonds. The summed E-state index contributed by atoms with van der Waals surface area (Å²) < 4.78 is 1.90. The van der Waals surface area contributed by atoms with E-state index >= 15 is 0 Å². The van der Waals surface area contributed by atoms with Gasteiger partial charge in [-0.15, -0.1) is 5.10 Å². The number of rotatable bonds is 3. The average Bonchev–Trinajstić information content (AvgIpc) is 2.98. The molecule has 1 aliphatic carbocycles. The lowest BCUT2D eigenvalue weighted by molar-refractivity contribution is -0.136. The first-order valence-electron chi connectivity index (χ1n) is 5.30. The number of carbonyl (C=O) groups is 1. The van der Waals surface area contributed by atoms with Gasteiger partial charge in [0.2, 0.25) is 0 Å². The van der Waals surface area contributed by atoms with Gasteiger partial charge in [0.15, 0.2) is 0 Å². The molecule has 0 bridgehead atoms. The molecule has 0 saturated heterocycles. The maximum Gasteiger partial charge on any atom is 0.307 e. The third kappa shape index (κ3) is 1.44. The van der Waals surface area contributed by atoms with Crippen molar-refractivity contribution in [2.75, 3.05) is 0 Å². The molecule has 1 N–H and O–H groups in total. The van der Waals surface area contributed by atoms with E-state index in [0.717, 1.165) is 29.4 Å². The molecule has 1 fully saturated rings. The summed E-state index contributed by atoms with van der Waals surface area (Å²) in [5.74, 6) is -0.839. The molecular weight excluding hydrogens is 206 g/mol. The molecular formula is C11H11N3O2. The van der Waals surface area contributed by atoms with Crippen molar-refractivity contribution >= 4 is 17.0 Å². The highest BCUT2D eigenvalue weighted by atomic mass is 16.4. The Kier molecular flexibility index (Phi) is 1.92. The van der Waals surface area contributed by atoms with Gasteiger partial charge in [0.05, 0.1) is 18.0 Å². The Balaban J connectivity index is 2.12. The number of carboxylic acids is 1. The fourth-order valence-corrected chi connectivity index (χ4v) is 1.91. The van der Waals surface area contributed by atoms with E-state index in [1.54, 1.807) is 6.07 Å². The standard InChI is InChI=1S/C11H11N3O2/c15-10(16)6-7-2-1-3-9-11(7)12-13-14(9)8-4-5-8/h1-3,8H,4-6H2,(H,15,16). The minimum absolute atomic E-state index is 0.000694. The van der Waals surface area contributed by atoms with E-state index in [-0.39, 0.29) is 6.42 Å². The van der Waals surface area contributed by atoms with Crippen molar-refractivity contribution in [3.05, 3.63) is 23.8 Å². The summed E-state index contributed by atoms with van der Waals surface area (Å²) in [6.07, 6.45) is 2.28. The fraction of sp³-hybridized carbons (Fsp3) is 0.364. The first kappa shape index (κ1) is 9.33. The lowest BCUT2D eigenvalue weighted by Gasteiger charge is -2.00. The van der Waals surface area contributed by atoms with Crippen LogP contribution in [-0.2, 0) is 11.2 Å². The number of nitrogens with zero attached hydrogens (tertiary/aromatic N) is 3. The minimum Gasteiger partial charge on any atom is -0.481 e. The number of carboxylic acid groups (broad SMARTS) is 1. The van der Waals surface area contributed by atoms with E-state index in [2.05, 4.69) is 10.3 Å². The average molecular weight is 217 g/mol. The Morgan fingerprint density at radius 1 is 1.50 bits per heavy atom. The predicted octanol–water partition coefficient (Wildman–Crippen LogP) is 1.39. The zero-order valence-corrected chi connectivity index (χ0v) is 8.63. The summed E-state index contributed by atoms with van der Waals surface area (Å²) in [6, 6.07) is 6.06. The van der Waals surface area contributed by atoms with Crippen molar-refractivity contribution in [3.8, 4) is 0 Å². The molecule has 0 aliphatic heterocycles. The number of benzene rings is 1. The van der Waals surface area contributed by atoms with Crippen LogP contribution in [0.3, 0.4) is 0 Å². The first-order chi connectivity index (χ1) is 7.75. The third-order valence-corrected chi connectivity index (χ3v) is 2.82. The van der Waals surface area contributed by atoms with Crippen LogP contribution in [0.5, 0.6) is 0 Å². The Labute approximate surface area is 91.7 Å². The lowest BCUT2D eigenvalue weighted by atomic mass is 10.1. The monoisotopic (exact) mass is 217 g/mol. The van der Waals surface area contributed by atoms with Crippen molar-refractivity contribution in [2.24, 2.45) is 0 Å². The van der Waals surface area contributed by atoms with E-state index in [4.69, 9.17) is 5.11 Å². The van der Waals surface area contributed by atoms with E-state index in [0.29, 0.717) is 6.04 Å². The van der Waals surface area contributed by atoms with Gasteiger partial charge >= 0.3 is 5.97 Å². The van der Waals surface area contributed by atoms with Crippen LogP contribution in [0.1, 0.15) is 24.4 Å². The largest absolute Gasteiger partial charge is 0.481 e. The Morgan fingerprint density at radius 2 is 2.31 bits per heavy atom. The Morgan fingerprint density at radius 3 is 3.00 bits per heavy atom. The van der Waals surface area contributed by atoms with Crippen molar-refractivity contribution in [2.45, 2.75) is 25.3 Å². The highest BCUT2D eigenvalue weighted by Gasteiger charge is 2.26. The smallest absolute Gasteiger partial charge is 0.307 e. The molecule has 1 aliphatic rings. The first-order valence-corrected chi connectivity index (χ1v) is 5.30. The lowest BCUT2D eigenvalue weighted by Crippen LogP contribution is -2.00. The second-order valence-corrected chi connectivity index (χ2v) is 4.12. The molecule has 82 valence electrons. The molecule has 0 spiro atoms. The van der Waals surface area contributed by atoms with Crippen molar-refractivity contribution in [1.82, 2.24) is 15.0 Å². The van der Waals surface area contributed by atoms with Crippen LogP contribution in [0.4, 0.5) is 0 Å². The summed E-state index contributed by atoms with van der Waals surface area (Å²) >= 11 is 0. The quantitative estimate of drug-likeness (QED) is 0.843. The summed E-state index contributed by atoms with van der Waals surface area (Å²) in [5, 5.41) is 17.0. The van der Waals surface area contributed by atoms with Crippen LogP contribution in [0.15, 0.2) is 18.2 Å². The molecule has 5 heteroatoms. The Hall–Kier alpha value is -1.91. The van der Waals surface area contributed by atoms with Crippen molar-refractivity contribution in [3.63, 3.8) is 0 Å². The zero-order valence-electron chi connectivity index (χ0n) is 8.63. The summed E-state index contributed by atoms with van der Waals surface area (Å²) in [6.45, 7) is 0. The maximum atomic E-state index is 10.7. The summed E-state index contributed by atoms with van der Waals surface area (Å²) in [5.41, 5.74) is 2.40. The number of aliphatic carboxylic acids is 1. The van der Waals surface area contributed by atoms with Gasteiger partial charge in [-0.1, -0.05) is 17.3 Å². The normalized spacial score (nSPS) is 15.5. The van der Waals surface area contributed by atoms with Crippen molar-refractivity contribution < 1.29 is 9.90 Å².